The fraction of sp³-hybridized carbons (Fsp3) is 0.211. The van der Waals surface area contributed by atoms with Gasteiger partial charge in [0.2, 0.25) is 0 Å². The number of benzene rings is 7. The first-order valence-corrected chi connectivity index (χ1v) is 22.2. The summed E-state index contributed by atoms with van der Waals surface area (Å²) in [5.41, 5.74) is 6.97. The van der Waals surface area contributed by atoms with Crippen molar-refractivity contribution in [3.05, 3.63) is 178 Å². The molecule has 0 N–H and O–H groups in total. The Balaban J connectivity index is 1.40. The van der Waals surface area contributed by atoms with Gasteiger partial charge in [0.05, 0.1) is 33.1 Å². The van der Waals surface area contributed by atoms with E-state index in [9.17, 15) is 0 Å². The molecule has 10 aromatic rings. The van der Waals surface area contributed by atoms with Crippen LogP contribution in [0.3, 0.4) is 0 Å². The summed E-state index contributed by atoms with van der Waals surface area (Å²) < 4.78 is 0. The van der Waals surface area contributed by atoms with Crippen LogP contribution in [0.1, 0.15) is 76.0 Å². The number of nitrogens with zero attached hydrogens (tertiary/aromatic N) is 3. The molecule has 3 heteroatoms. The van der Waals surface area contributed by atoms with Gasteiger partial charge in [-0.1, -0.05) is 149 Å². The lowest BCUT2D eigenvalue weighted by Gasteiger charge is -2.04. The average molecular weight is 778 g/mol. The highest BCUT2D eigenvalue weighted by atomic mass is 14.7. The fourth-order valence-electron chi connectivity index (χ4n) is 9.49. The third-order valence-corrected chi connectivity index (χ3v) is 12.6. The van der Waals surface area contributed by atoms with Gasteiger partial charge in [0.15, 0.2) is 0 Å². The summed E-state index contributed by atoms with van der Waals surface area (Å²) >= 11 is 0. The Morgan fingerprint density at radius 1 is 0.283 bits per heavy atom. The van der Waals surface area contributed by atoms with Crippen LogP contribution >= 0.6 is 0 Å². The van der Waals surface area contributed by atoms with Crippen molar-refractivity contribution in [3.8, 4) is 0 Å². The first-order chi connectivity index (χ1) is 29.6. The number of hydrogen-bond donors (Lipinski definition) is 0. The van der Waals surface area contributed by atoms with E-state index in [0.29, 0.717) is 0 Å². The van der Waals surface area contributed by atoms with E-state index in [1.807, 2.05) is 0 Å². The molecule has 60 heavy (non-hydrogen) atoms. The summed E-state index contributed by atoms with van der Waals surface area (Å²) in [4.78, 5) is 16.8. The number of fused-ring (bicyclic) bond motifs is 12. The molecule has 0 aliphatic rings. The highest BCUT2D eigenvalue weighted by Gasteiger charge is 2.25. The second-order valence-electron chi connectivity index (χ2n) is 16.6. The van der Waals surface area contributed by atoms with Crippen molar-refractivity contribution in [2.24, 2.45) is 15.0 Å². The molecular weight excluding hydrogens is 727 g/mol. The van der Waals surface area contributed by atoms with Gasteiger partial charge >= 0.3 is 0 Å². The Bertz CT molecular complexity index is 2950. The summed E-state index contributed by atoms with van der Waals surface area (Å²) in [7, 11) is 0. The van der Waals surface area contributed by atoms with Gasteiger partial charge in [0.1, 0.15) is 0 Å². The van der Waals surface area contributed by atoms with E-state index in [4.69, 9.17) is 15.0 Å². The van der Waals surface area contributed by atoms with Gasteiger partial charge in [-0.2, -0.15) is 0 Å². The highest BCUT2D eigenvalue weighted by molar-refractivity contribution is 6.42. The standard InChI is InChI=1S/C57H51N3/c1-4-7-16-37-25-31-40(32-26-37)58-55-46-22-13-10-19-43(46)49-52(55)50-44-20-11-14-23-47(44)56(59-41-33-27-38(28-34-41)17-8-5-2)54(50)51-45-21-12-15-24-48(45)57(53(49)51)60-42-35-29-39(30-36-42)18-9-6-3/h10-15,19-36H,4-9,16-18H2,1-3H3. The summed E-state index contributed by atoms with van der Waals surface area (Å²) in [6.45, 7) is 6.76. The Hall–Kier alpha value is -6.45. The minimum absolute atomic E-state index is 0.964. The van der Waals surface area contributed by atoms with Crippen molar-refractivity contribution in [3.63, 3.8) is 0 Å². The summed E-state index contributed by atoms with van der Waals surface area (Å²) in [6.07, 6.45) is 10.4. The van der Waals surface area contributed by atoms with E-state index in [-0.39, 0.29) is 0 Å². The maximum atomic E-state index is 5.61. The van der Waals surface area contributed by atoms with Crippen molar-refractivity contribution in [2.75, 3.05) is 0 Å². The molecule has 0 aliphatic heterocycles. The molecule has 0 aromatic heterocycles. The SMILES string of the molecule is CCCCc1ccc(N=c2c3ccccc3c3c2c2c4ccccc4c(=Nc4ccc(CCCC)cc4)c2c2c4ccccc4c(=Nc4ccc(CCCC)cc4)c32)cc1. The van der Waals surface area contributed by atoms with Crippen LogP contribution in [0.4, 0.5) is 17.1 Å². The monoisotopic (exact) mass is 777 g/mol. The van der Waals surface area contributed by atoms with Gasteiger partial charge in [-0.25, -0.2) is 15.0 Å². The van der Waals surface area contributed by atoms with Crippen molar-refractivity contribution < 1.29 is 0 Å². The molecule has 10 aromatic carbocycles. The second kappa shape index (κ2) is 16.3. The molecule has 0 heterocycles. The maximum absolute atomic E-state index is 5.61. The molecule has 0 bridgehead atoms. The quantitative estimate of drug-likeness (QED) is 0.118. The average Bonchev–Trinajstić information content (AvgIpc) is 3.91. The summed E-state index contributed by atoms with van der Waals surface area (Å²) in [6, 6.07) is 53.4. The van der Waals surface area contributed by atoms with E-state index >= 15 is 0 Å². The van der Waals surface area contributed by atoms with Crippen LogP contribution < -0.4 is 16.1 Å². The van der Waals surface area contributed by atoms with Crippen LogP contribution in [-0.2, 0) is 19.3 Å². The van der Waals surface area contributed by atoms with Crippen LogP contribution in [0.5, 0.6) is 0 Å². The van der Waals surface area contributed by atoms with Crippen LogP contribution in [0.15, 0.2) is 161 Å². The fourth-order valence-corrected chi connectivity index (χ4v) is 9.49. The van der Waals surface area contributed by atoms with Crippen molar-refractivity contribution in [2.45, 2.75) is 78.6 Å². The third-order valence-electron chi connectivity index (χ3n) is 12.6. The van der Waals surface area contributed by atoms with E-state index < -0.39 is 0 Å². The molecule has 0 atom stereocenters. The molecule has 0 radical (unpaired) electrons. The summed E-state index contributed by atoms with van der Waals surface area (Å²) in [5.74, 6) is 0. The van der Waals surface area contributed by atoms with Gasteiger partial charge in [-0.3, -0.25) is 0 Å². The van der Waals surface area contributed by atoms with E-state index in [0.717, 1.165) is 68.6 Å². The van der Waals surface area contributed by atoms with Crippen LogP contribution in [0.2, 0.25) is 0 Å². The zero-order valence-electron chi connectivity index (χ0n) is 35.1. The molecule has 0 unspecified atom stereocenters. The molecule has 10 rings (SSSR count). The third kappa shape index (κ3) is 6.67. The van der Waals surface area contributed by atoms with E-state index in [2.05, 4.69) is 166 Å². The minimum Gasteiger partial charge on any atom is -0.248 e. The van der Waals surface area contributed by atoms with Crippen LogP contribution in [0.25, 0.3) is 64.6 Å². The highest BCUT2D eigenvalue weighted by Crippen LogP contribution is 2.43. The summed E-state index contributed by atoms with van der Waals surface area (Å²) in [5, 5.41) is 17.2. The van der Waals surface area contributed by atoms with Gasteiger partial charge in [0, 0.05) is 48.5 Å². The molecule has 0 aliphatic carbocycles. The van der Waals surface area contributed by atoms with E-state index in [1.54, 1.807) is 0 Å². The number of hydrogen-bond acceptors (Lipinski definition) is 3. The second-order valence-corrected chi connectivity index (χ2v) is 16.6. The first-order valence-electron chi connectivity index (χ1n) is 22.2. The lowest BCUT2D eigenvalue weighted by molar-refractivity contribution is 0.795. The largest absolute Gasteiger partial charge is 0.248 e. The lowest BCUT2D eigenvalue weighted by atomic mass is 9.99. The molecule has 0 spiro atoms. The van der Waals surface area contributed by atoms with Crippen molar-refractivity contribution in [1.29, 1.82) is 0 Å². The minimum atomic E-state index is 0.964. The number of unbranched alkanes of at least 4 members (excludes halogenated alkanes) is 3. The van der Waals surface area contributed by atoms with Crippen molar-refractivity contribution in [1.82, 2.24) is 0 Å². The van der Waals surface area contributed by atoms with Crippen LogP contribution in [-0.4, -0.2) is 0 Å². The molecule has 3 nitrogen and oxygen atoms in total. The lowest BCUT2D eigenvalue weighted by Crippen LogP contribution is -2.03. The predicted octanol–water partition coefficient (Wildman–Crippen LogP) is 14.6. The van der Waals surface area contributed by atoms with Gasteiger partial charge in [-0.15, -0.1) is 0 Å². The first kappa shape index (κ1) is 37.8. The topological polar surface area (TPSA) is 37.1 Å². The number of rotatable bonds is 12. The zero-order valence-corrected chi connectivity index (χ0v) is 35.1. The van der Waals surface area contributed by atoms with Crippen LogP contribution in [0, 0.1) is 0 Å². The smallest absolute Gasteiger partial charge is 0.0800 e. The molecule has 0 amide bonds. The normalized spacial score (nSPS) is 13.2. The Labute approximate surface area is 352 Å². The van der Waals surface area contributed by atoms with Gasteiger partial charge in [0.25, 0.3) is 0 Å². The molecule has 0 saturated heterocycles. The predicted molar refractivity (Wildman–Crippen MR) is 256 cm³/mol. The van der Waals surface area contributed by atoms with Gasteiger partial charge < -0.3 is 0 Å². The molecular formula is C57H51N3. The molecule has 294 valence electrons. The van der Waals surface area contributed by atoms with Gasteiger partial charge in [-0.05, 0) is 108 Å². The zero-order chi connectivity index (χ0) is 40.6. The molecule has 0 saturated carbocycles. The number of aryl methyl sites for hydroxylation is 3. The molecule has 0 fully saturated rings. The Morgan fingerprint density at radius 3 is 0.783 bits per heavy atom. The maximum Gasteiger partial charge on any atom is 0.0800 e. The Kier molecular flexibility index (Phi) is 10.3. The van der Waals surface area contributed by atoms with Crippen molar-refractivity contribution >= 4 is 81.7 Å². The van der Waals surface area contributed by atoms with E-state index in [1.165, 1.54) is 104 Å². The Morgan fingerprint density at radius 2 is 0.533 bits per heavy atom.